The number of rotatable bonds is 1. The SMILES string of the molecule is CC.CC[C@H]1CCc2cccc(C)c2O1. The van der Waals surface area contributed by atoms with Crippen LogP contribution >= 0.6 is 0 Å². The van der Waals surface area contributed by atoms with Gasteiger partial charge in [0.1, 0.15) is 5.75 Å². The lowest BCUT2D eigenvalue weighted by Gasteiger charge is -2.26. The number of benzene rings is 1. The molecule has 0 N–H and O–H groups in total. The Bertz CT molecular complexity index is 304. The summed E-state index contributed by atoms with van der Waals surface area (Å²) in [5.74, 6) is 1.14. The first-order valence-corrected chi connectivity index (χ1v) is 6.06. The van der Waals surface area contributed by atoms with E-state index in [0.29, 0.717) is 6.10 Å². The second-order valence-corrected chi connectivity index (χ2v) is 3.75. The molecule has 0 aliphatic carbocycles. The van der Waals surface area contributed by atoms with Gasteiger partial charge in [-0.05, 0) is 37.3 Å². The van der Waals surface area contributed by atoms with Crippen LogP contribution in [0.1, 0.15) is 44.7 Å². The van der Waals surface area contributed by atoms with E-state index in [9.17, 15) is 0 Å². The third-order valence-electron chi connectivity index (χ3n) is 2.77. The summed E-state index contributed by atoms with van der Waals surface area (Å²) >= 11 is 0. The molecule has 0 unspecified atom stereocenters. The van der Waals surface area contributed by atoms with Gasteiger partial charge in [-0.15, -0.1) is 0 Å². The third-order valence-corrected chi connectivity index (χ3v) is 2.77. The zero-order chi connectivity index (χ0) is 11.3. The van der Waals surface area contributed by atoms with Crippen LogP contribution in [-0.4, -0.2) is 6.10 Å². The van der Waals surface area contributed by atoms with Gasteiger partial charge in [0.15, 0.2) is 0 Å². The van der Waals surface area contributed by atoms with Crippen molar-refractivity contribution in [2.75, 3.05) is 0 Å². The smallest absolute Gasteiger partial charge is 0.125 e. The zero-order valence-electron chi connectivity index (χ0n) is 10.3. The van der Waals surface area contributed by atoms with Crippen LogP contribution in [0.25, 0.3) is 0 Å². The summed E-state index contributed by atoms with van der Waals surface area (Å²) in [5, 5.41) is 0. The van der Waals surface area contributed by atoms with Gasteiger partial charge in [-0.1, -0.05) is 39.0 Å². The van der Waals surface area contributed by atoms with E-state index < -0.39 is 0 Å². The van der Waals surface area contributed by atoms with Gasteiger partial charge < -0.3 is 4.74 Å². The fourth-order valence-corrected chi connectivity index (χ4v) is 1.91. The maximum atomic E-state index is 5.91. The highest BCUT2D eigenvalue weighted by molar-refractivity contribution is 5.42. The lowest BCUT2D eigenvalue weighted by molar-refractivity contribution is 0.168. The minimum absolute atomic E-state index is 0.439. The van der Waals surface area contributed by atoms with Gasteiger partial charge in [0.05, 0.1) is 6.10 Å². The van der Waals surface area contributed by atoms with Gasteiger partial charge >= 0.3 is 0 Å². The average molecular weight is 206 g/mol. The maximum absolute atomic E-state index is 5.91. The Hall–Kier alpha value is -0.980. The molecule has 1 atom stereocenters. The van der Waals surface area contributed by atoms with Crippen molar-refractivity contribution in [3.8, 4) is 5.75 Å². The van der Waals surface area contributed by atoms with Crippen LogP contribution in [0.5, 0.6) is 5.75 Å². The molecule has 2 rings (SSSR count). The quantitative estimate of drug-likeness (QED) is 0.671. The molecule has 0 saturated carbocycles. The highest BCUT2D eigenvalue weighted by Crippen LogP contribution is 2.31. The second-order valence-electron chi connectivity index (χ2n) is 3.75. The van der Waals surface area contributed by atoms with Crippen LogP contribution in [0.15, 0.2) is 18.2 Å². The topological polar surface area (TPSA) is 9.23 Å². The Morgan fingerprint density at radius 1 is 1.33 bits per heavy atom. The lowest BCUT2D eigenvalue weighted by atomic mass is 9.99. The predicted octanol–water partition coefficient (Wildman–Crippen LogP) is 4.12. The molecule has 0 saturated heterocycles. The van der Waals surface area contributed by atoms with Crippen molar-refractivity contribution in [1.82, 2.24) is 0 Å². The van der Waals surface area contributed by atoms with Crippen LogP contribution in [0.3, 0.4) is 0 Å². The predicted molar refractivity (Wildman–Crippen MR) is 65.6 cm³/mol. The number of fused-ring (bicyclic) bond motifs is 1. The largest absolute Gasteiger partial charge is 0.490 e. The van der Waals surface area contributed by atoms with Crippen molar-refractivity contribution in [3.05, 3.63) is 29.3 Å². The maximum Gasteiger partial charge on any atom is 0.125 e. The van der Waals surface area contributed by atoms with Crippen molar-refractivity contribution >= 4 is 0 Å². The molecule has 1 heteroatoms. The summed E-state index contributed by atoms with van der Waals surface area (Å²) in [7, 11) is 0. The summed E-state index contributed by atoms with van der Waals surface area (Å²) in [4.78, 5) is 0. The summed E-state index contributed by atoms with van der Waals surface area (Å²) in [6.07, 6.45) is 3.91. The van der Waals surface area contributed by atoms with Crippen molar-refractivity contribution < 1.29 is 4.74 Å². The molecular weight excluding hydrogens is 184 g/mol. The highest BCUT2D eigenvalue weighted by Gasteiger charge is 2.18. The summed E-state index contributed by atoms with van der Waals surface area (Å²) in [5.41, 5.74) is 2.65. The molecular formula is C14H22O. The Balaban J connectivity index is 0.000000531. The van der Waals surface area contributed by atoms with E-state index in [1.54, 1.807) is 0 Å². The number of aryl methyl sites for hydroxylation is 2. The number of para-hydroxylation sites is 1. The van der Waals surface area contributed by atoms with Gasteiger partial charge in [0, 0.05) is 0 Å². The van der Waals surface area contributed by atoms with Crippen LogP contribution in [0.2, 0.25) is 0 Å². The van der Waals surface area contributed by atoms with Gasteiger partial charge in [0.2, 0.25) is 0 Å². The Labute approximate surface area is 93.5 Å². The first kappa shape index (κ1) is 12.1. The van der Waals surface area contributed by atoms with E-state index >= 15 is 0 Å². The zero-order valence-corrected chi connectivity index (χ0v) is 10.3. The van der Waals surface area contributed by atoms with Crippen LogP contribution in [0, 0.1) is 6.92 Å². The molecule has 84 valence electrons. The average Bonchev–Trinajstić information content (AvgIpc) is 2.32. The van der Waals surface area contributed by atoms with Crippen molar-refractivity contribution in [3.63, 3.8) is 0 Å². The third kappa shape index (κ3) is 2.74. The van der Waals surface area contributed by atoms with E-state index in [0.717, 1.165) is 12.2 Å². The van der Waals surface area contributed by atoms with E-state index in [4.69, 9.17) is 4.74 Å². The first-order chi connectivity index (χ1) is 7.31. The van der Waals surface area contributed by atoms with Gasteiger partial charge in [-0.25, -0.2) is 0 Å². The Kier molecular flexibility index (Phi) is 4.67. The highest BCUT2D eigenvalue weighted by atomic mass is 16.5. The summed E-state index contributed by atoms with van der Waals surface area (Å²) in [6, 6.07) is 6.41. The first-order valence-electron chi connectivity index (χ1n) is 6.06. The Morgan fingerprint density at radius 3 is 2.73 bits per heavy atom. The minimum atomic E-state index is 0.439. The monoisotopic (exact) mass is 206 g/mol. The molecule has 0 amide bonds. The molecule has 0 bridgehead atoms. The molecule has 1 nitrogen and oxygen atoms in total. The summed E-state index contributed by atoms with van der Waals surface area (Å²) in [6.45, 7) is 8.31. The summed E-state index contributed by atoms with van der Waals surface area (Å²) < 4.78 is 5.91. The molecule has 0 spiro atoms. The van der Waals surface area contributed by atoms with Crippen molar-refractivity contribution in [2.45, 2.75) is 53.1 Å². The Morgan fingerprint density at radius 2 is 2.07 bits per heavy atom. The molecule has 1 heterocycles. The molecule has 0 fully saturated rings. The van der Waals surface area contributed by atoms with Crippen LogP contribution in [0.4, 0.5) is 0 Å². The second kappa shape index (κ2) is 5.79. The molecule has 1 aromatic rings. The molecule has 1 aliphatic rings. The van der Waals surface area contributed by atoms with E-state index in [-0.39, 0.29) is 0 Å². The fourth-order valence-electron chi connectivity index (χ4n) is 1.91. The van der Waals surface area contributed by atoms with Crippen LogP contribution in [-0.2, 0) is 6.42 Å². The van der Waals surface area contributed by atoms with Crippen molar-refractivity contribution in [2.24, 2.45) is 0 Å². The molecule has 0 radical (unpaired) electrons. The van der Waals surface area contributed by atoms with Gasteiger partial charge in [0.25, 0.3) is 0 Å². The molecule has 1 aromatic carbocycles. The number of hydrogen-bond acceptors (Lipinski definition) is 1. The number of hydrogen-bond donors (Lipinski definition) is 0. The van der Waals surface area contributed by atoms with Crippen LogP contribution < -0.4 is 4.74 Å². The fraction of sp³-hybridized carbons (Fsp3) is 0.571. The van der Waals surface area contributed by atoms with E-state index in [2.05, 4.69) is 32.0 Å². The molecule has 0 aromatic heterocycles. The normalized spacial score (nSPS) is 18.3. The van der Waals surface area contributed by atoms with E-state index in [1.807, 2.05) is 13.8 Å². The number of ether oxygens (including phenoxy) is 1. The van der Waals surface area contributed by atoms with Crippen molar-refractivity contribution in [1.29, 1.82) is 0 Å². The van der Waals surface area contributed by atoms with Gasteiger partial charge in [-0.3, -0.25) is 0 Å². The standard InChI is InChI=1S/C12H16O.C2H6/c1-3-11-8-7-10-6-4-5-9(2)12(10)13-11;1-2/h4-6,11H,3,7-8H2,1-2H3;1-2H3/t11-;/m0./s1. The van der Waals surface area contributed by atoms with E-state index in [1.165, 1.54) is 24.0 Å². The minimum Gasteiger partial charge on any atom is -0.490 e. The molecule has 1 aliphatic heterocycles. The van der Waals surface area contributed by atoms with Gasteiger partial charge in [-0.2, -0.15) is 0 Å². The molecule has 15 heavy (non-hydrogen) atoms. The lowest BCUT2D eigenvalue weighted by Crippen LogP contribution is -2.22.